The van der Waals surface area contributed by atoms with Gasteiger partial charge in [-0.3, -0.25) is 19.4 Å². The lowest BCUT2D eigenvalue weighted by Gasteiger charge is -2.46. The molecule has 17 atom stereocenters. The number of aromatic nitrogens is 1. The van der Waals surface area contributed by atoms with E-state index in [1.165, 1.54) is 27.9 Å². The third-order valence-corrected chi connectivity index (χ3v) is 13.8. The van der Waals surface area contributed by atoms with Crippen LogP contribution in [0.5, 0.6) is 0 Å². The van der Waals surface area contributed by atoms with Gasteiger partial charge < -0.3 is 59.3 Å². The Morgan fingerprint density at radius 2 is 1.57 bits per heavy atom. The smallest absolute Gasteiger partial charge is 0.311 e. The fourth-order valence-corrected chi connectivity index (χ4v) is 9.48. The number of aryl methyl sites for hydroxylation is 1. The molecule has 6 N–H and O–H groups in total. The molecule has 0 spiro atoms. The van der Waals surface area contributed by atoms with E-state index in [2.05, 4.69) is 10.3 Å². The minimum atomic E-state index is -2.20. The first-order chi connectivity index (χ1) is 30.5. The molecule has 3 aliphatic heterocycles. The molecule has 4 heterocycles. The number of pyridine rings is 1. The highest BCUT2D eigenvalue weighted by Gasteiger charge is 2.51. The molecule has 0 bridgehead atoms. The normalized spacial score (nSPS) is 40.0. The van der Waals surface area contributed by atoms with Gasteiger partial charge in [-0.1, -0.05) is 58.9 Å². The predicted molar refractivity (Wildman–Crippen MR) is 242 cm³/mol. The summed E-state index contributed by atoms with van der Waals surface area (Å²) in [7, 11) is 1.47. The minimum absolute atomic E-state index is 0.0501. The van der Waals surface area contributed by atoms with Crippen molar-refractivity contribution >= 4 is 28.4 Å². The number of esters is 1. The summed E-state index contributed by atoms with van der Waals surface area (Å²) in [5, 5.41) is 63.1. The molecule has 16 nitrogen and oxygen atoms in total. The van der Waals surface area contributed by atoms with Crippen LogP contribution in [0.15, 0.2) is 36.7 Å². The number of ketones is 1. The Morgan fingerprint density at radius 3 is 2.25 bits per heavy atom. The second kappa shape index (κ2) is 23.2. The van der Waals surface area contributed by atoms with E-state index in [-0.39, 0.29) is 56.6 Å². The maximum absolute atomic E-state index is 14.5. The molecule has 2 aromatic rings. The van der Waals surface area contributed by atoms with Gasteiger partial charge in [-0.05, 0) is 77.7 Å². The summed E-state index contributed by atoms with van der Waals surface area (Å²) in [6.45, 7) is 18.5. The monoisotopic (exact) mass is 919 g/mol. The van der Waals surface area contributed by atoms with Gasteiger partial charge in [-0.25, -0.2) is 0 Å². The number of amides is 1. The number of cyclic esters (lactones) is 1. The van der Waals surface area contributed by atoms with Gasteiger partial charge in [0.2, 0.25) is 5.91 Å². The molecule has 0 radical (unpaired) electrons. The third kappa shape index (κ3) is 13.3. The summed E-state index contributed by atoms with van der Waals surface area (Å²) in [5.74, 6) is -5.06. The Kier molecular flexibility index (Phi) is 19.5. The first kappa shape index (κ1) is 54.4. The first-order valence-electron chi connectivity index (χ1n) is 23.5. The quantitative estimate of drug-likeness (QED) is 0.170. The Labute approximate surface area is 385 Å². The molecular formula is C49H78N2O14. The number of nitrogens with one attached hydrogen (secondary N) is 1. The Hall–Kier alpha value is -3.16. The fraction of sp³-hybridized carbons (Fsp3) is 0.755. The van der Waals surface area contributed by atoms with Gasteiger partial charge in [0.1, 0.15) is 29.7 Å². The predicted octanol–water partition coefficient (Wildman–Crippen LogP) is 4.55. The lowest BCUT2D eigenvalue weighted by molar-refractivity contribution is -0.307. The van der Waals surface area contributed by atoms with Gasteiger partial charge in [-0.15, -0.1) is 0 Å². The van der Waals surface area contributed by atoms with Crippen LogP contribution in [0.2, 0.25) is 0 Å². The van der Waals surface area contributed by atoms with Gasteiger partial charge in [-0.2, -0.15) is 0 Å². The van der Waals surface area contributed by atoms with Crippen molar-refractivity contribution in [2.45, 2.75) is 199 Å². The Morgan fingerprint density at radius 1 is 0.892 bits per heavy atom. The van der Waals surface area contributed by atoms with Crippen LogP contribution in [0.4, 0.5) is 0 Å². The number of ether oxygens (including phenoxy) is 6. The van der Waals surface area contributed by atoms with E-state index in [9.17, 15) is 39.9 Å². The SMILES string of the molecule is CC.COC1(C)CC(O[C@H]2C[C@@H](OC3OC(C)CC(C)C3O)[C@](C)(O)C[C@@H](C)C(=O)[C@H](C)[C@@H](O)[C@](C)(O)[C@@H](CCNC(=O)CCc3cncc4ccccc34)OC(=O)[C@@H]2C)OC(C)C1O. The number of benzene rings is 1. The maximum atomic E-state index is 14.5. The highest BCUT2D eigenvalue weighted by atomic mass is 16.7. The van der Waals surface area contributed by atoms with Crippen molar-refractivity contribution in [2.24, 2.45) is 23.7 Å². The summed E-state index contributed by atoms with van der Waals surface area (Å²) in [6.07, 6.45) is -6.68. The molecule has 65 heavy (non-hydrogen) atoms. The van der Waals surface area contributed by atoms with Crippen molar-refractivity contribution in [3.63, 3.8) is 0 Å². The van der Waals surface area contributed by atoms with Crippen molar-refractivity contribution in [1.82, 2.24) is 10.3 Å². The van der Waals surface area contributed by atoms with E-state index >= 15 is 0 Å². The molecule has 3 aliphatic rings. The third-order valence-electron chi connectivity index (χ3n) is 13.8. The molecule has 1 aromatic carbocycles. The minimum Gasteiger partial charge on any atom is -0.459 e. The second-order valence-electron chi connectivity index (χ2n) is 19.2. The molecule has 3 saturated heterocycles. The zero-order chi connectivity index (χ0) is 48.6. The maximum Gasteiger partial charge on any atom is 0.311 e. The molecule has 0 aliphatic carbocycles. The van der Waals surface area contributed by atoms with Crippen molar-refractivity contribution < 1.29 is 68.3 Å². The molecule has 0 saturated carbocycles. The molecule has 5 rings (SSSR count). The van der Waals surface area contributed by atoms with E-state index in [0.717, 1.165) is 16.3 Å². The van der Waals surface area contributed by atoms with Crippen molar-refractivity contribution in [3.8, 4) is 0 Å². The second-order valence-corrected chi connectivity index (χ2v) is 19.2. The highest BCUT2D eigenvalue weighted by molar-refractivity contribution is 5.85. The van der Waals surface area contributed by atoms with Gasteiger partial charge >= 0.3 is 5.97 Å². The highest BCUT2D eigenvalue weighted by Crippen LogP contribution is 2.39. The topological polar surface area (TPSA) is 233 Å². The van der Waals surface area contributed by atoms with Crippen molar-refractivity contribution in [3.05, 3.63) is 42.2 Å². The van der Waals surface area contributed by atoms with Crippen molar-refractivity contribution in [2.75, 3.05) is 13.7 Å². The average molecular weight is 919 g/mol. The Balaban J connectivity index is 0.00000456. The fourth-order valence-electron chi connectivity index (χ4n) is 9.48. The number of carbonyl (C=O) groups excluding carboxylic acids is 3. The number of aliphatic hydroxyl groups is 5. The standard InChI is InChI=1S/C47H72N2O14.C2H6/c1-25-19-27(3)59-44(40(25)52)63-36-20-34(61-38-22-46(8,58-10)42(54)30(6)60-38)28(4)43(55)62-35(47(9,57)41(53)29(5)39(51)26(2)21-45(36,7)56)17-18-49-37(50)16-15-32-24-48-23-31-13-11-12-14-33(31)32;1-2/h11-14,23-30,34-36,38,40-42,44,52-54,56-57H,15-22H2,1-10H3,(H,49,50);1-2H3/t25?,26-,27?,28-,29+,30?,34+,35-,36-,38?,40?,41-,42?,44?,45-,46?,47-;/m1./s1. The summed E-state index contributed by atoms with van der Waals surface area (Å²) in [4.78, 5) is 46.0. The number of hydrogen-bond acceptors (Lipinski definition) is 15. The van der Waals surface area contributed by atoms with Gasteiger partial charge in [0.15, 0.2) is 12.6 Å². The van der Waals surface area contributed by atoms with Crippen LogP contribution in [0.3, 0.4) is 0 Å². The van der Waals surface area contributed by atoms with Crippen LogP contribution in [-0.4, -0.2) is 140 Å². The molecule has 16 heteroatoms. The van der Waals surface area contributed by atoms with Gasteiger partial charge in [0, 0.05) is 69.0 Å². The molecule has 3 fully saturated rings. The van der Waals surface area contributed by atoms with Crippen LogP contribution < -0.4 is 5.32 Å². The van der Waals surface area contributed by atoms with E-state index in [0.29, 0.717) is 12.8 Å². The summed E-state index contributed by atoms with van der Waals surface area (Å²) in [6, 6.07) is 7.76. The summed E-state index contributed by atoms with van der Waals surface area (Å²) < 4.78 is 37.0. The molecule has 8 unspecified atom stereocenters. The summed E-state index contributed by atoms with van der Waals surface area (Å²) in [5.41, 5.74) is -4.19. The van der Waals surface area contributed by atoms with Crippen molar-refractivity contribution in [1.29, 1.82) is 0 Å². The van der Waals surface area contributed by atoms with Gasteiger partial charge in [0.25, 0.3) is 0 Å². The number of hydrogen-bond donors (Lipinski definition) is 6. The number of aliphatic hydroxyl groups excluding tert-OH is 3. The number of fused-ring (bicyclic) bond motifs is 1. The average Bonchev–Trinajstić information content (AvgIpc) is 3.27. The van der Waals surface area contributed by atoms with E-state index in [1.54, 1.807) is 40.1 Å². The van der Waals surface area contributed by atoms with Gasteiger partial charge in [0.05, 0.1) is 47.6 Å². The van der Waals surface area contributed by atoms with E-state index in [1.807, 2.05) is 52.0 Å². The molecule has 368 valence electrons. The number of nitrogens with zero attached hydrogens (tertiary/aromatic N) is 1. The lowest BCUT2D eigenvalue weighted by atomic mass is 9.76. The van der Waals surface area contributed by atoms with Crippen LogP contribution in [0.1, 0.15) is 120 Å². The van der Waals surface area contributed by atoms with Crippen LogP contribution in [-0.2, 0) is 49.2 Å². The summed E-state index contributed by atoms with van der Waals surface area (Å²) >= 11 is 0. The number of carbonyl (C=O) groups is 3. The van der Waals surface area contributed by atoms with E-state index < -0.39 is 102 Å². The molecule has 1 aromatic heterocycles. The largest absolute Gasteiger partial charge is 0.459 e. The number of methoxy groups -OCH3 is 1. The number of rotatable bonds is 11. The van der Waals surface area contributed by atoms with Crippen LogP contribution in [0.25, 0.3) is 10.8 Å². The lowest BCUT2D eigenvalue weighted by Crippen LogP contribution is -2.59. The van der Waals surface area contributed by atoms with Crippen LogP contribution >= 0.6 is 0 Å². The van der Waals surface area contributed by atoms with Crippen LogP contribution in [0, 0.1) is 23.7 Å². The zero-order valence-electron chi connectivity index (χ0n) is 40.6. The molecule has 1 amide bonds. The first-order valence-corrected chi connectivity index (χ1v) is 23.5. The zero-order valence-corrected chi connectivity index (χ0v) is 40.6. The number of Topliss-reactive ketones (excluding diaryl/α,β-unsaturated/α-hetero) is 1. The van der Waals surface area contributed by atoms with E-state index in [4.69, 9.17) is 28.4 Å². The Bertz CT molecular complexity index is 1860. The molecular weight excluding hydrogens is 841 g/mol.